The highest BCUT2D eigenvalue weighted by atomic mass is 31.2. The third-order valence-electron chi connectivity index (χ3n) is 4.03. The molecule has 0 aromatic heterocycles. The predicted octanol–water partition coefficient (Wildman–Crippen LogP) is 4.62. The molecule has 194 valence electrons. The summed E-state index contributed by atoms with van der Waals surface area (Å²) in [6, 6.07) is 0.108. The highest BCUT2D eigenvalue weighted by molar-refractivity contribution is 7.48. The SMILES string of the molecule is CC(C)(C)OC(=O)CCN(C[C@@H]1CCCN1)C(=O)OCOP(=O)(OC(C)(C)C)OC(C)(C)C. The number of esters is 1. The standard InChI is InChI=1S/C22H43N2O8P/c1-20(2,3)30-18(25)12-14-24(15-17-11-10-13-23-17)19(26)28-16-29-33(27,31-21(4,5)6)32-22(7,8)9/h17,23H,10-16H2,1-9H3/t17-/m0/s1. The summed E-state index contributed by atoms with van der Waals surface area (Å²) in [5.41, 5.74) is -2.22. The van der Waals surface area contributed by atoms with Crippen molar-refractivity contribution in [3.05, 3.63) is 0 Å². The summed E-state index contributed by atoms with van der Waals surface area (Å²) in [7, 11) is -4.01. The summed E-state index contributed by atoms with van der Waals surface area (Å²) >= 11 is 0. The number of carbonyl (C=O) groups is 2. The summed E-state index contributed by atoms with van der Waals surface area (Å²) in [5, 5.41) is 3.32. The first-order valence-corrected chi connectivity index (χ1v) is 12.9. The van der Waals surface area contributed by atoms with Crippen molar-refractivity contribution in [1.82, 2.24) is 10.2 Å². The van der Waals surface area contributed by atoms with Gasteiger partial charge in [-0.1, -0.05) is 0 Å². The molecule has 1 rings (SSSR count). The second-order valence-electron chi connectivity index (χ2n) is 11.1. The molecule has 1 amide bonds. The maximum Gasteiger partial charge on any atom is 0.478 e. The Kier molecular flexibility index (Phi) is 10.8. The Morgan fingerprint density at radius 2 is 1.55 bits per heavy atom. The van der Waals surface area contributed by atoms with Crippen molar-refractivity contribution in [3.63, 3.8) is 0 Å². The van der Waals surface area contributed by atoms with E-state index in [4.69, 9.17) is 23.0 Å². The van der Waals surface area contributed by atoms with E-state index in [1.165, 1.54) is 4.90 Å². The van der Waals surface area contributed by atoms with E-state index in [1.54, 1.807) is 62.3 Å². The lowest BCUT2D eigenvalue weighted by Crippen LogP contribution is -2.43. The Morgan fingerprint density at radius 3 is 2.00 bits per heavy atom. The molecule has 33 heavy (non-hydrogen) atoms. The third kappa shape index (κ3) is 14.0. The van der Waals surface area contributed by atoms with Crippen LogP contribution in [-0.2, 0) is 32.4 Å². The summed E-state index contributed by atoms with van der Waals surface area (Å²) in [4.78, 5) is 26.3. The van der Waals surface area contributed by atoms with Gasteiger partial charge in [-0.25, -0.2) is 13.9 Å². The van der Waals surface area contributed by atoms with E-state index in [2.05, 4.69) is 5.32 Å². The van der Waals surface area contributed by atoms with E-state index in [9.17, 15) is 14.2 Å². The lowest BCUT2D eigenvalue weighted by Gasteiger charge is -2.31. The van der Waals surface area contributed by atoms with E-state index in [1.807, 2.05) is 0 Å². The molecule has 0 aromatic carbocycles. The number of carbonyl (C=O) groups excluding carboxylic acids is 2. The largest absolute Gasteiger partial charge is 0.478 e. The summed E-state index contributed by atoms with van der Waals surface area (Å²) in [6.45, 7) is 16.4. The zero-order chi connectivity index (χ0) is 25.5. The van der Waals surface area contributed by atoms with Crippen molar-refractivity contribution in [2.24, 2.45) is 0 Å². The van der Waals surface area contributed by atoms with Gasteiger partial charge in [0.1, 0.15) is 5.60 Å². The number of amides is 1. The van der Waals surface area contributed by atoms with Crippen molar-refractivity contribution in [3.8, 4) is 0 Å². The molecule has 1 aliphatic rings. The topological polar surface area (TPSA) is 113 Å². The van der Waals surface area contributed by atoms with Crippen LogP contribution in [0.15, 0.2) is 0 Å². The smallest absolute Gasteiger partial charge is 0.460 e. The van der Waals surface area contributed by atoms with Gasteiger partial charge >= 0.3 is 19.9 Å². The van der Waals surface area contributed by atoms with Crippen LogP contribution in [0.2, 0.25) is 0 Å². The quantitative estimate of drug-likeness (QED) is 0.264. The number of hydrogen-bond acceptors (Lipinski definition) is 9. The molecular weight excluding hydrogens is 451 g/mol. The fourth-order valence-corrected chi connectivity index (χ4v) is 4.70. The molecule has 0 aliphatic carbocycles. The molecule has 11 heteroatoms. The van der Waals surface area contributed by atoms with Crippen LogP contribution in [0.25, 0.3) is 0 Å². The molecule has 0 bridgehead atoms. The molecule has 0 spiro atoms. The lowest BCUT2D eigenvalue weighted by atomic mass is 10.2. The van der Waals surface area contributed by atoms with Crippen molar-refractivity contribution in [1.29, 1.82) is 0 Å². The second-order valence-corrected chi connectivity index (χ2v) is 12.6. The molecule has 1 heterocycles. The maximum absolute atomic E-state index is 13.1. The molecule has 1 atom stereocenters. The van der Waals surface area contributed by atoms with Gasteiger partial charge in [-0.3, -0.25) is 13.8 Å². The molecule has 1 saturated heterocycles. The number of ether oxygens (including phenoxy) is 2. The van der Waals surface area contributed by atoms with Crippen LogP contribution in [0, 0.1) is 0 Å². The molecule has 0 unspecified atom stereocenters. The molecule has 1 N–H and O–H groups in total. The minimum absolute atomic E-state index is 0.0265. The average molecular weight is 495 g/mol. The average Bonchev–Trinajstić information content (AvgIpc) is 3.06. The Morgan fingerprint density at radius 1 is 0.970 bits per heavy atom. The normalized spacial score (nSPS) is 17.7. The van der Waals surface area contributed by atoms with Crippen molar-refractivity contribution >= 4 is 19.9 Å². The number of phosphoric ester groups is 1. The van der Waals surface area contributed by atoms with Gasteiger partial charge in [-0.2, -0.15) is 0 Å². The van der Waals surface area contributed by atoms with Gasteiger partial charge in [0.05, 0.1) is 17.6 Å². The van der Waals surface area contributed by atoms with E-state index < -0.39 is 43.5 Å². The van der Waals surface area contributed by atoms with Crippen molar-refractivity contribution in [2.45, 2.75) is 104 Å². The van der Waals surface area contributed by atoms with Crippen LogP contribution in [0.4, 0.5) is 4.79 Å². The van der Waals surface area contributed by atoms with Crippen molar-refractivity contribution in [2.75, 3.05) is 26.4 Å². The fourth-order valence-electron chi connectivity index (χ4n) is 3.03. The Labute approximate surface area is 198 Å². The molecule has 1 fully saturated rings. The van der Waals surface area contributed by atoms with Crippen LogP contribution >= 0.6 is 7.82 Å². The molecule has 1 aliphatic heterocycles. The monoisotopic (exact) mass is 494 g/mol. The zero-order valence-electron chi connectivity index (χ0n) is 21.7. The number of rotatable bonds is 10. The first kappa shape index (κ1) is 29.8. The third-order valence-corrected chi connectivity index (χ3v) is 6.00. The molecule has 0 aromatic rings. The minimum atomic E-state index is -4.01. The van der Waals surface area contributed by atoms with Crippen LogP contribution in [0.3, 0.4) is 0 Å². The van der Waals surface area contributed by atoms with Gasteiger partial charge in [0.15, 0.2) is 0 Å². The lowest BCUT2D eigenvalue weighted by molar-refractivity contribution is -0.155. The second kappa shape index (κ2) is 12.0. The van der Waals surface area contributed by atoms with Gasteiger partial charge in [0.25, 0.3) is 0 Å². The van der Waals surface area contributed by atoms with Gasteiger partial charge in [0, 0.05) is 19.1 Å². The van der Waals surface area contributed by atoms with Crippen LogP contribution in [0.1, 0.15) is 81.6 Å². The van der Waals surface area contributed by atoms with Crippen LogP contribution in [0.5, 0.6) is 0 Å². The molecule has 10 nitrogen and oxygen atoms in total. The zero-order valence-corrected chi connectivity index (χ0v) is 22.6. The van der Waals surface area contributed by atoms with Crippen LogP contribution < -0.4 is 5.32 Å². The van der Waals surface area contributed by atoms with E-state index in [0.717, 1.165) is 19.4 Å². The Hall–Kier alpha value is -1.19. The number of hydrogen-bond donors (Lipinski definition) is 1. The highest BCUT2D eigenvalue weighted by Gasteiger charge is 2.38. The summed E-state index contributed by atoms with van der Waals surface area (Å²) in [5.74, 6) is -0.405. The number of nitrogens with one attached hydrogen (secondary N) is 1. The number of phosphoric acid groups is 1. The first-order chi connectivity index (χ1) is 14.9. The fraction of sp³-hybridized carbons (Fsp3) is 0.909. The van der Waals surface area contributed by atoms with Gasteiger partial charge in [-0.05, 0) is 81.7 Å². The Bertz CT molecular complexity index is 668. The molecule has 0 radical (unpaired) electrons. The predicted molar refractivity (Wildman–Crippen MR) is 125 cm³/mol. The molecular formula is C22H43N2O8P. The van der Waals surface area contributed by atoms with Crippen molar-refractivity contribution < 1.29 is 37.2 Å². The van der Waals surface area contributed by atoms with E-state index in [0.29, 0.717) is 6.54 Å². The highest BCUT2D eigenvalue weighted by Crippen LogP contribution is 2.55. The molecule has 0 saturated carbocycles. The summed E-state index contributed by atoms with van der Waals surface area (Å²) in [6.07, 6.45) is 1.27. The first-order valence-electron chi connectivity index (χ1n) is 11.4. The summed E-state index contributed by atoms with van der Waals surface area (Å²) < 4.78 is 40.0. The maximum atomic E-state index is 13.1. The van der Waals surface area contributed by atoms with Crippen LogP contribution in [-0.4, -0.2) is 66.2 Å². The minimum Gasteiger partial charge on any atom is -0.460 e. The van der Waals surface area contributed by atoms with Gasteiger partial charge in [0.2, 0.25) is 6.79 Å². The van der Waals surface area contributed by atoms with E-state index in [-0.39, 0.29) is 19.0 Å². The van der Waals surface area contributed by atoms with E-state index >= 15 is 0 Å². The Balaban J connectivity index is 2.75. The van der Waals surface area contributed by atoms with Gasteiger partial charge in [-0.15, -0.1) is 0 Å². The van der Waals surface area contributed by atoms with Gasteiger partial charge < -0.3 is 19.7 Å². The number of nitrogens with zero attached hydrogens (tertiary/aromatic N) is 1.